The molecule has 0 aromatic heterocycles. The molecule has 0 saturated heterocycles. The molecule has 3 atom stereocenters. The van der Waals surface area contributed by atoms with Crippen LogP contribution in [0.3, 0.4) is 0 Å². The summed E-state index contributed by atoms with van der Waals surface area (Å²) in [7, 11) is -3.01. The molecule has 1 aliphatic carbocycles. The molecule has 20 heavy (non-hydrogen) atoms. The van der Waals surface area contributed by atoms with Crippen LogP contribution in [0, 0.1) is 5.92 Å². The Balaban J connectivity index is 2.53. The molecule has 0 bridgehead atoms. The Bertz CT molecular complexity index is 390. The van der Waals surface area contributed by atoms with Crippen LogP contribution in [0.5, 0.6) is 0 Å². The van der Waals surface area contributed by atoms with E-state index in [-0.39, 0.29) is 11.3 Å². The third kappa shape index (κ3) is 6.10. The molecule has 1 rings (SSSR count). The average Bonchev–Trinajstić information content (AvgIpc) is 2.34. The summed E-state index contributed by atoms with van der Waals surface area (Å²) < 4.78 is 23.7. The van der Waals surface area contributed by atoms with Gasteiger partial charge in [0.25, 0.3) is 0 Å². The summed E-state index contributed by atoms with van der Waals surface area (Å²) in [4.78, 5) is 0. The number of nitrogens with one attached hydrogen (secondary N) is 1. The molecule has 0 amide bonds. The fourth-order valence-corrected chi connectivity index (χ4v) is 4.31. The van der Waals surface area contributed by atoms with Gasteiger partial charge in [0.05, 0.1) is 10.9 Å². The van der Waals surface area contributed by atoms with Crippen LogP contribution >= 0.6 is 0 Å². The highest BCUT2D eigenvalue weighted by Crippen LogP contribution is 2.25. The van der Waals surface area contributed by atoms with E-state index in [0.29, 0.717) is 12.5 Å². The Hall–Kier alpha value is -0.130. The maximum absolute atomic E-state index is 11.8. The van der Waals surface area contributed by atoms with Crippen LogP contribution in [0.1, 0.15) is 59.3 Å². The smallest absolute Gasteiger partial charge is 0.151 e. The van der Waals surface area contributed by atoms with E-state index in [0.717, 1.165) is 38.5 Å². The van der Waals surface area contributed by atoms with Gasteiger partial charge in [0.2, 0.25) is 0 Å². The highest BCUT2D eigenvalue weighted by molar-refractivity contribution is 7.91. The number of hydrogen-bond acceptors (Lipinski definition) is 4. The zero-order valence-corrected chi connectivity index (χ0v) is 14.2. The van der Waals surface area contributed by atoms with E-state index in [1.54, 1.807) is 0 Å². The number of rotatable bonds is 7. The number of aliphatic hydroxyl groups is 1. The normalized spacial score (nSPS) is 27.5. The molecule has 0 aromatic carbocycles. The number of hydrogen-bond donors (Lipinski definition) is 2. The van der Waals surface area contributed by atoms with E-state index in [1.165, 1.54) is 6.26 Å². The van der Waals surface area contributed by atoms with E-state index < -0.39 is 15.4 Å². The van der Waals surface area contributed by atoms with Gasteiger partial charge in [-0.05, 0) is 38.5 Å². The van der Waals surface area contributed by atoms with Crippen LogP contribution < -0.4 is 5.32 Å². The monoisotopic (exact) mass is 305 g/mol. The van der Waals surface area contributed by atoms with Crippen LogP contribution in [0.25, 0.3) is 0 Å². The Morgan fingerprint density at radius 2 is 1.90 bits per heavy atom. The van der Waals surface area contributed by atoms with Gasteiger partial charge in [-0.15, -0.1) is 0 Å². The minimum absolute atomic E-state index is 0.00993. The van der Waals surface area contributed by atoms with Crippen molar-refractivity contribution in [3.8, 4) is 0 Å². The van der Waals surface area contributed by atoms with Crippen molar-refractivity contribution >= 4 is 9.84 Å². The maximum atomic E-state index is 11.8. The van der Waals surface area contributed by atoms with Crippen LogP contribution in [-0.4, -0.2) is 43.2 Å². The summed E-state index contributed by atoms with van der Waals surface area (Å²) in [6, 6.07) is -0.00993. The molecule has 120 valence electrons. The Labute approximate surface area is 124 Å². The second kappa shape index (κ2) is 7.23. The van der Waals surface area contributed by atoms with Gasteiger partial charge in [-0.3, -0.25) is 0 Å². The van der Waals surface area contributed by atoms with Crippen LogP contribution in [0.2, 0.25) is 0 Å². The Morgan fingerprint density at radius 3 is 2.45 bits per heavy atom. The van der Waals surface area contributed by atoms with Gasteiger partial charge in [-0.1, -0.05) is 26.7 Å². The first kappa shape index (κ1) is 17.9. The maximum Gasteiger partial charge on any atom is 0.151 e. The third-order valence-corrected chi connectivity index (χ3v) is 5.92. The van der Waals surface area contributed by atoms with E-state index in [9.17, 15) is 13.5 Å². The van der Waals surface area contributed by atoms with Crippen LogP contribution in [0.4, 0.5) is 0 Å². The second-order valence-electron chi connectivity index (χ2n) is 7.07. The largest absolute Gasteiger partial charge is 0.389 e. The van der Waals surface area contributed by atoms with Crippen molar-refractivity contribution in [3.63, 3.8) is 0 Å². The molecule has 1 aliphatic rings. The van der Waals surface area contributed by atoms with Crippen molar-refractivity contribution in [2.24, 2.45) is 5.92 Å². The third-order valence-electron chi connectivity index (χ3n) is 4.26. The molecule has 4 nitrogen and oxygen atoms in total. The van der Waals surface area contributed by atoms with Gasteiger partial charge in [-0.2, -0.15) is 0 Å². The van der Waals surface area contributed by atoms with Crippen molar-refractivity contribution in [2.45, 2.75) is 76.2 Å². The van der Waals surface area contributed by atoms with Gasteiger partial charge in [0.1, 0.15) is 0 Å². The van der Waals surface area contributed by atoms with E-state index in [2.05, 4.69) is 19.2 Å². The van der Waals surface area contributed by atoms with Crippen LogP contribution in [0.15, 0.2) is 0 Å². The lowest BCUT2D eigenvalue weighted by molar-refractivity contribution is 0.0413. The highest BCUT2D eigenvalue weighted by atomic mass is 32.2. The Kier molecular flexibility index (Phi) is 6.48. The topological polar surface area (TPSA) is 66.4 Å². The molecule has 2 N–H and O–H groups in total. The van der Waals surface area contributed by atoms with Gasteiger partial charge in [0, 0.05) is 18.8 Å². The van der Waals surface area contributed by atoms with Gasteiger partial charge < -0.3 is 10.4 Å². The van der Waals surface area contributed by atoms with Crippen LogP contribution in [-0.2, 0) is 9.84 Å². The summed E-state index contributed by atoms with van der Waals surface area (Å²) in [5.41, 5.74) is -0.760. The van der Waals surface area contributed by atoms with Crippen molar-refractivity contribution in [1.82, 2.24) is 5.32 Å². The lowest BCUT2D eigenvalue weighted by atomic mass is 9.92. The predicted molar refractivity (Wildman–Crippen MR) is 83.6 cm³/mol. The molecule has 0 aromatic rings. The summed E-state index contributed by atoms with van der Waals surface area (Å²) in [6.07, 6.45) is 6.73. The molecular weight excluding hydrogens is 274 g/mol. The molecular formula is C15H31NO3S. The fraction of sp³-hybridized carbons (Fsp3) is 1.00. The van der Waals surface area contributed by atoms with E-state index >= 15 is 0 Å². The average molecular weight is 305 g/mol. The zero-order chi connectivity index (χ0) is 15.4. The summed E-state index contributed by atoms with van der Waals surface area (Å²) in [6.45, 7) is 6.59. The van der Waals surface area contributed by atoms with Gasteiger partial charge in [0.15, 0.2) is 9.84 Å². The molecule has 0 radical (unpaired) electrons. The van der Waals surface area contributed by atoms with Gasteiger partial charge >= 0.3 is 0 Å². The predicted octanol–water partition coefficient (Wildman–Crippen LogP) is 2.12. The van der Waals surface area contributed by atoms with E-state index in [1.807, 2.05) is 6.92 Å². The highest BCUT2D eigenvalue weighted by Gasteiger charge is 2.33. The molecule has 0 spiro atoms. The Morgan fingerprint density at radius 1 is 1.30 bits per heavy atom. The lowest BCUT2D eigenvalue weighted by Gasteiger charge is -2.34. The van der Waals surface area contributed by atoms with Gasteiger partial charge in [-0.25, -0.2) is 8.42 Å². The molecule has 1 saturated carbocycles. The molecule has 5 heteroatoms. The first-order valence-electron chi connectivity index (χ1n) is 7.76. The summed E-state index contributed by atoms with van der Waals surface area (Å²) >= 11 is 0. The molecule has 3 unspecified atom stereocenters. The first-order chi connectivity index (χ1) is 9.12. The molecule has 0 heterocycles. The lowest BCUT2D eigenvalue weighted by Crippen LogP contribution is -2.50. The van der Waals surface area contributed by atoms with E-state index in [4.69, 9.17) is 0 Å². The minimum atomic E-state index is -3.01. The van der Waals surface area contributed by atoms with Crippen molar-refractivity contribution in [3.05, 3.63) is 0 Å². The number of sulfone groups is 1. The molecule has 0 aliphatic heterocycles. The van der Waals surface area contributed by atoms with Crippen molar-refractivity contribution < 1.29 is 13.5 Å². The standard InChI is InChI=1S/C15H31NO3S/c1-12(2)9-10-15(3,17)11-16-13-7-5-6-8-14(13)20(4,18)19/h12-14,16-17H,5-11H2,1-4H3. The SMILES string of the molecule is CC(C)CCC(C)(O)CNC1CCCCC1S(C)(=O)=O. The summed E-state index contributed by atoms with van der Waals surface area (Å²) in [5, 5.41) is 13.4. The van der Waals surface area contributed by atoms with Crippen molar-refractivity contribution in [2.75, 3.05) is 12.8 Å². The zero-order valence-electron chi connectivity index (χ0n) is 13.4. The quantitative estimate of drug-likeness (QED) is 0.756. The second-order valence-corrected chi connectivity index (χ2v) is 9.33. The molecule has 1 fully saturated rings. The fourth-order valence-electron chi connectivity index (χ4n) is 2.88. The summed E-state index contributed by atoms with van der Waals surface area (Å²) in [5.74, 6) is 0.569. The minimum Gasteiger partial charge on any atom is -0.389 e. The first-order valence-corrected chi connectivity index (χ1v) is 9.72. The van der Waals surface area contributed by atoms with Crippen molar-refractivity contribution in [1.29, 1.82) is 0 Å².